The number of hydrogen-bond donors (Lipinski definition) is 16. The van der Waals surface area contributed by atoms with Gasteiger partial charge in [0.2, 0.25) is 47.3 Å². The number of nitrogens with zero attached hydrogens (tertiary/aromatic N) is 2. The van der Waals surface area contributed by atoms with Crippen molar-refractivity contribution in [2.45, 2.75) is 231 Å². The van der Waals surface area contributed by atoms with Crippen molar-refractivity contribution >= 4 is 89.4 Å². The van der Waals surface area contributed by atoms with Gasteiger partial charge in [-0.3, -0.25) is 63.9 Å². The number of ketones is 1. The number of urea groups is 1. The Morgan fingerprint density at radius 2 is 1.12 bits per heavy atom. The number of fused-ring (bicyclic) bond motifs is 8. The minimum Gasteiger partial charge on any atom is -0.508 e. The van der Waals surface area contributed by atoms with Gasteiger partial charge < -0.3 is 121 Å². The Morgan fingerprint density at radius 3 is 1.73 bits per heavy atom. The highest BCUT2D eigenvalue weighted by atomic mass is 31.2. The van der Waals surface area contributed by atoms with Crippen LogP contribution in [-0.4, -0.2) is 262 Å². The number of hydrogen-bond acceptors (Lipinski definition) is 28. The Kier molecular flexibility index (Phi) is 45.7. The zero-order valence-corrected chi connectivity index (χ0v) is 86.6. The molecule has 7 aliphatic rings. The fourth-order valence-corrected chi connectivity index (χ4v) is 22.3. The predicted octanol–water partition coefficient (Wildman–Crippen LogP) is 8.18. The van der Waals surface area contributed by atoms with Crippen molar-refractivity contribution in [2.75, 3.05) is 175 Å². The van der Waals surface area contributed by atoms with Crippen LogP contribution >= 0.6 is 7.60 Å². The van der Waals surface area contributed by atoms with Crippen molar-refractivity contribution in [3.63, 3.8) is 0 Å². The maximum absolute atomic E-state index is 15.1. The van der Waals surface area contributed by atoms with Gasteiger partial charge in [0.25, 0.3) is 0 Å². The van der Waals surface area contributed by atoms with Gasteiger partial charge in [-0.15, -0.1) is 5.53 Å². The van der Waals surface area contributed by atoms with E-state index in [1.807, 2.05) is 105 Å². The monoisotopic (exact) mass is 2040 g/mol. The van der Waals surface area contributed by atoms with Crippen molar-refractivity contribution in [2.24, 2.45) is 46.1 Å². The number of unbranched alkanes of at least 4 members (excludes halogenated alkanes) is 1. The van der Waals surface area contributed by atoms with Gasteiger partial charge in [-0.05, 0) is 189 Å². The molecule has 2 fully saturated rings. The molecule has 2 aliphatic heterocycles. The van der Waals surface area contributed by atoms with Gasteiger partial charge in [0.15, 0.2) is 5.78 Å². The number of hydrazine groups is 3. The van der Waals surface area contributed by atoms with Crippen LogP contribution in [0, 0.1) is 34.5 Å². The molecule has 802 valence electrons. The number of benzene rings is 4. The van der Waals surface area contributed by atoms with Crippen LogP contribution in [0.5, 0.6) is 5.75 Å². The Balaban J connectivity index is 0.641. The third kappa shape index (κ3) is 33.2. The first kappa shape index (κ1) is 115. The molecule has 39 nitrogen and oxygen atoms in total. The molecule has 5 aliphatic carbocycles. The van der Waals surface area contributed by atoms with Crippen molar-refractivity contribution in [3.8, 4) is 5.75 Å². The van der Waals surface area contributed by atoms with Gasteiger partial charge in [0.1, 0.15) is 24.5 Å². The molecular formula is C105H158N15O24P. The maximum Gasteiger partial charge on any atom is 0.327 e. The molecule has 145 heavy (non-hydrogen) atoms. The number of aryl methyl sites for hydroxylation is 2. The summed E-state index contributed by atoms with van der Waals surface area (Å²) in [7, 11) is -2.27. The first-order chi connectivity index (χ1) is 69.8. The van der Waals surface area contributed by atoms with Crippen LogP contribution in [0.4, 0.5) is 16.2 Å². The molecule has 0 spiro atoms. The average Bonchev–Trinajstić information content (AvgIpc) is 0.813. The molecule has 0 aromatic heterocycles. The second-order valence-corrected chi connectivity index (χ2v) is 41.8. The Morgan fingerprint density at radius 1 is 0.545 bits per heavy atom. The molecule has 10 atom stereocenters. The zero-order valence-electron chi connectivity index (χ0n) is 85.7. The molecule has 0 radical (unpaired) electrons. The van der Waals surface area contributed by atoms with E-state index in [0.717, 1.165) is 108 Å². The van der Waals surface area contributed by atoms with E-state index in [-0.39, 0.29) is 203 Å². The largest absolute Gasteiger partial charge is 0.508 e. The van der Waals surface area contributed by atoms with E-state index in [1.54, 1.807) is 24.8 Å². The fraction of sp³-hybridized carbons (Fsp3) is 0.638. The Hall–Kier alpha value is -10.1. The number of allylic oxidation sites excluding steroid dienone is 1. The van der Waals surface area contributed by atoms with Crippen molar-refractivity contribution in [3.05, 3.63) is 135 Å². The molecule has 2 saturated carbocycles. The van der Waals surface area contributed by atoms with E-state index in [9.17, 15) is 52.8 Å². The van der Waals surface area contributed by atoms with Crippen LogP contribution in [0.25, 0.3) is 11.4 Å². The number of carbonyl (C=O) groups is 10. The van der Waals surface area contributed by atoms with Gasteiger partial charge >= 0.3 is 13.6 Å². The fourth-order valence-electron chi connectivity index (χ4n) is 21.9. The minimum absolute atomic E-state index is 0.0212. The predicted molar refractivity (Wildman–Crippen MR) is 545 cm³/mol. The standard InChI is InChI=1S/C105H158N15O24P/c1-71(2)93(85(122)66-74(21-17-44-111-101(106)131)97(127)112-76-32-28-72-30-34-87-102(3,80(72)67-76)39-18-41-104(87,5)99(129)115-100(130)105(6)42-19-40-103(4)81-68-77(121)33-29-73(81)31-35-88(103)105)114-98(128)82(24-15-16-43-109-91(125)70-144-86-27-10-8-9-26-84-96(86)117-118-120(84)46-49-137-52-55-140-58-59-141-60-61-142-62-63-143-64-65-145(132,133)134)113-90(124)38-47-135-50-53-138-56-57-139-54-51-136-48-45-110-89(123)36-37-92(126)119-69-75-20-11-12-22-78(75)94(108-7)95(116-107)79-23-13-14-25-83(79)119/h11-14,20,22-23,25,28-29,32-33,67-68,71,74,82,86-88,93,108,116-118,121H,8-10,15-19,21,24,26-27,30-31,34-66,69-70,107H2,1-7H3,(H,109,125)(H,110,123)(H,112,127)(H,113,124)(H,114,128)(H3,106,111,131)(H,115,129,130)(H2,132,133,134)/b95-94-/t74-,82-,86?,87-,88-,93+,102-,103-,104+,105+/m1/s1. The molecule has 1 unspecified atom stereocenters. The number of imide groups is 1. The SMILES string of the molecule is CN/C1=C(\NN)c2ccccc2N(C(=O)CCC(=O)NCCOCCOCCOCCOCCC(=O)N[C@H](CCCCNC(=O)COC2CCCCCC3=C2NNN3CCOCCOCCOCCOCCOCCP(=O)(O)O)C(=O)N[C@H](C(=O)C[C@@H](CCCNC(N)=O)C(=O)Nc2ccc3c(c2)[C@@]2(C)CCC[C@](C)(C(=O)NC(=O)[C@@]4(C)CCC[C@]5(C)c6cc(O)ccc6CC[C@@H]45)[C@@H]2CC3)C(C)C)Cc2ccccc21. The lowest BCUT2D eigenvalue weighted by atomic mass is 9.49. The Labute approximate surface area is 851 Å². The molecular weight excluding hydrogens is 1890 g/mol. The number of primary amides is 1. The molecule has 40 heteroatoms. The van der Waals surface area contributed by atoms with Crippen LogP contribution < -0.4 is 75.4 Å². The van der Waals surface area contributed by atoms with Gasteiger partial charge in [-0.25, -0.2) is 4.79 Å². The topological polar surface area (TPSA) is 532 Å². The third-order valence-electron chi connectivity index (χ3n) is 29.6. The number of phenols is 1. The first-order valence-electron chi connectivity index (χ1n) is 51.9. The van der Waals surface area contributed by atoms with E-state index < -0.39 is 83.4 Å². The number of anilines is 2. The normalized spacial score (nSPS) is 21.8. The summed E-state index contributed by atoms with van der Waals surface area (Å²) in [4.78, 5) is 161. The molecule has 4 aromatic carbocycles. The molecule has 11 rings (SSSR count). The molecule has 0 saturated heterocycles. The summed E-state index contributed by atoms with van der Waals surface area (Å²) in [6, 6.07) is 23.6. The lowest BCUT2D eigenvalue weighted by molar-refractivity contribution is -0.150. The molecule has 18 N–H and O–H groups in total. The number of ether oxygens (including phenoxy) is 10. The van der Waals surface area contributed by atoms with Gasteiger partial charge in [-0.1, -0.05) is 122 Å². The smallest absolute Gasteiger partial charge is 0.327 e. The summed E-state index contributed by atoms with van der Waals surface area (Å²) in [5, 5.41) is 36.3. The van der Waals surface area contributed by atoms with Crippen LogP contribution in [0.2, 0.25) is 0 Å². The number of nitrogens with two attached hydrogens (primary N) is 2. The second kappa shape index (κ2) is 57.5. The summed E-state index contributed by atoms with van der Waals surface area (Å²) in [5.41, 5.74) is 23.6. The van der Waals surface area contributed by atoms with E-state index in [4.69, 9.17) is 68.7 Å². The van der Waals surface area contributed by atoms with Crippen LogP contribution in [0.15, 0.2) is 96.3 Å². The number of phenolic OH excluding ortho intramolecular Hbond substituents is 1. The number of carbonyl (C=O) groups excluding carboxylic acids is 10. The lowest BCUT2D eigenvalue weighted by Crippen LogP contribution is -2.60. The Bertz CT molecular complexity index is 5080. The molecule has 0 bridgehead atoms. The van der Waals surface area contributed by atoms with Crippen LogP contribution in [-0.2, 0) is 125 Å². The highest BCUT2D eigenvalue weighted by molar-refractivity contribution is 7.51. The van der Waals surface area contributed by atoms with E-state index in [1.165, 1.54) is 5.56 Å². The van der Waals surface area contributed by atoms with Crippen LogP contribution in [0.1, 0.15) is 222 Å². The highest BCUT2D eigenvalue weighted by Gasteiger charge is 2.59. The average molecular weight is 2050 g/mol. The van der Waals surface area contributed by atoms with E-state index in [0.29, 0.717) is 128 Å². The summed E-state index contributed by atoms with van der Waals surface area (Å²) in [6.07, 6.45) is 11.7. The number of aromatic hydroxyl groups is 1. The summed E-state index contributed by atoms with van der Waals surface area (Å²) >= 11 is 0. The summed E-state index contributed by atoms with van der Waals surface area (Å²) < 4.78 is 67.8. The number of Topliss-reactive ketones (excluding diaryl/α,β-unsaturated/α-hetero) is 1. The first-order valence-corrected chi connectivity index (χ1v) is 53.6. The number of amides is 10. The van der Waals surface area contributed by atoms with Crippen LogP contribution in [0.3, 0.4) is 0 Å². The molecule has 2 heterocycles. The van der Waals surface area contributed by atoms with E-state index in [2.05, 4.69) is 72.8 Å². The van der Waals surface area contributed by atoms with Crippen molar-refractivity contribution in [1.82, 2.24) is 58.6 Å². The summed E-state index contributed by atoms with van der Waals surface area (Å²) in [5.74, 6) is 1.20. The van der Waals surface area contributed by atoms with Gasteiger partial charge in [0, 0.05) is 75.1 Å². The maximum atomic E-state index is 15.1. The third-order valence-corrected chi connectivity index (χ3v) is 30.4. The van der Waals surface area contributed by atoms with Gasteiger partial charge in [0.05, 0.1) is 184 Å². The number of nitrogens with one attached hydrogen (secondary N) is 11. The highest BCUT2D eigenvalue weighted by Crippen LogP contribution is 2.60. The molecule has 10 amide bonds. The van der Waals surface area contributed by atoms with E-state index >= 15 is 4.79 Å². The lowest BCUT2D eigenvalue weighted by Gasteiger charge is -2.56. The number of rotatable bonds is 61. The number of para-hydroxylation sites is 1. The summed E-state index contributed by atoms with van der Waals surface area (Å²) in [6.45, 7) is 17.7. The zero-order chi connectivity index (χ0) is 104. The molecule has 4 aromatic rings. The second-order valence-electron chi connectivity index (χ2n) is 40.0. The van der Waals surface area contributed by atoms with Crippen molar-refractivity contribution < 1.29 is 115 Å². The van der Waals surface area contributed by atoms with Crippen molar-refractivity contribution in [1.29, 1.82) is 0 Å². The quantitative estimate of drug-likeness (QED) is 0.00651. The minimum atomic E-state index is -4.09. The van der Waals surface area contributed by atoms with Gasteiger partial charge in [-0.2, -0.15) is 0 Å².